The Morgan fingerprint density at radius 1 is 1.38 bits per heavy atom. The molecule has 1 aromatic heterocycles. The molecule has 0 saturated carbocycles. The maximum atomic E-state index is 12.7. The first kappa shape index (κ1) is 18.6. The molecule has 1 amide bonds. The van der Waals surface area contributed by atoms with Gasteiger partial charge in [0.25, 0.3) is 5.91 Å². The van der Waals surface area contributed by atoms with Crippen molar-refractivity contribution in [2.45, 2.75) is 38.3 Å². The summed E-state index contributed by atoms with van der Waals surface area (Å²) < 4.78 is 7.44. The smallest absolute Gasteiger partial charge is 0.253 e. The molecule has 1 aromatic carbocycles. The van der Waals surface area contributed by atoms with Crippen LogP contribution >= 0.6 is 0 Å². The van der Waals surface area contributed by atoms with E-state index in [1.54, 1.807) is 15.8 Å². The fourth-order valence-electron chi connectivity index (χ4n) is 3.26. The normalized spacial score (nSPS) is 17.2. The van der Waals surface area contributed by atoms with Crippen molar-refractivity contribution in [3.63, 3.8) is 0 Å². The van der Waals surface area contributed by atoms with Crippen LogP contribution in [0.2, 0.25) is 0 Å². The third-order valence-corrected chi connectivity index (χ3v) is 4.81. The standard InChI is InChI=1S/C20H27N3O3/c1-22(9-8-19-7-2-3-12-26-19)20(25)17-6-4-5-16(13-17)18-14-21-23(15-18)10-11-24/h4-6,13-15,19,24H,2-3,7-12H2,1H3/t19-/m1/s1. The van der Waals surface area contributed by atoms with Crippen molar-refractivity contribution in [3.8, 4) is 11.1 Å². The van der Waals surface area contributed by atoms with E-state index in [0.717, 1.165) is 37.0 Å². The number of nitrogens with zero attached hydrogens (tertiary/aromatic N) is 3. The van der Waals surface area contributed by atoms with Gasteiger partial charge in [-0.25, -0.2) is 0 Å². The maximum absolute atomic E-state index is 12.7. The number of aromatic nitrogens is 2. The van der Waals surface area contributed by atoms with Gasteiger partial charge in [0.2, 0.25) is 0 Å². The molecule has 3 rings (SSSR count). The van der Waals surface area contributed by atoms with Gasteiger partial charge in [0, 0.05) is 37.5 Å². The zero-order valence-corrected chi connectivity index (χ0v) is 15.3. The lowest BCUT2D eigenvalue weighted by molar-refractivity contribution is 0.00709. The summed E-state index contributed by atoms with van der Waals surface area (Å²) in [7, 11) is 1.84. The van der Waals surface area contributed by atoms with Crippen LogP contribution in [0.1, 0.15) is 36.0 Å². The summed E-state index contributed by atoms with van der Waals surface area (Å²) in [5.74, 6) is 0.0189. The minimum absolute atomic E-state index is 0.0189. The number of aliphatic hydroxyl groups excluding tert-OH is 1. The van der Waals surface area contributed by atoms with Gasteiger partial charge in [0.05, 0.1) is 25.5 Å². The van der Waals surface area contributed by atoms with Crippen molar-refractivity contribution in [2.24, 2.45) is 0 Å². The van der Waals surface area contributed by atoms with Crippen molar-refractivity contribution in [1.29, 1.82) is 0 Å². The van der Waals surface area contributed by atoms with Crippen LogP contribution in [0.3, 0.4) is 0 Å². The number of hydrogen-bond acceptors (Lipinski definition) is 4. The van der Waals surface area contributed by atoms with Crippen LogP contribution in [0.25, 0.3) is 11.1 Å². The van der Waals surface area contributed by atoms with Crippen molar-refractivity contribution in [3.05, 3.63) is 42.2 Å². The number of rotatable bonds is 7. The highest BCUT2D eigenvalue weighted by molar-refractivity contribution is 5.95. The monoisotopic (exact) mass is 357 g/mol. The Morgan fingerprint density at radius 3 is 3.04 bits per heavy atom. The molecule has 1 aliphatic rings. The first-order chi connectivity index (χ1) is 12.7. The van der Waals surface area contributed by atoms with Crippen molar-refractivity contribution in [1.82, 2.24) is 14.7 Å². The molecule has 6 nitrogen and oxygen atoms in total. The highest BCUT2D eigenvalue weighted by Gasteiger charge is 2.17. The lowest BCUT2D eigenvalue weighted by Crippen LogP contribution is -2.31. The Morgan fingerprint density at radius 2 is 2.27 bits per heavy atom. The molecule has 0 unspecified atom stereocenters. The molecule has 1 atom stereocenters. The number of hydrogen-bond donors (Lipinski definition) is 1. The Bertz CT molecular complexity index is 723. The molecular formula is C20H27N3O3. The third kappa shape index (κ3) is 4.71. The average Bonchev–Trinajstić information content (AvgIpc) is 3.15. The maximum Gasteiger partial charge on any atom is 0.253 e. The highest BCUT2D eigenvalue weighted by Crippen LogP contribution is 2.21. The van der Waals surface area contributed by atoms with Crippen molar-refractivity contribution >= 4 is 5.91 Å². The molecule has 0 bridgehead atoms. The highest BCUT2D eigenvalue weighted by atomic mass is 16.5. The van der Waals surface area contributed by atoms with E-state index < -0.39 is 0 Å². The van der Waals surface area contributed by atoms with Gasteiger partial charge < -0.3 is 14.7 Å². The number of amides is 1. The summed E-state index contributed by atoms with van der Waals surface area (Å²) in [6.07, 6.45) is 8.25. The molecule has 2 aromatic rings. The Hall–Kier alpha value is -2.18. The molecule has 0 radical (unpaired) electrons. The van der Waals surface area contributed by atoms with Crippen LogP contribution in [-0.2, 0) is 11.3 Å². The quantitative estimate of drug-likeness (QED) is 0.827. The Kier molecular flexibility index (Phi) is 6.41. The molecule has 1 saturated heterocycles. The first-order valence-electron chi connectivity index (χ1n) is 9.28. The van der Waals surface area contributed by atoms with Crippen molar-refractivity contribution in [2.75, 3.05) is 26.8 Å². The molecule has 140 valence electrons. The number of benzene rings is 1. The minimum atomic E-state index is 0.0189. The van der Waals surface area contributed by atoms with Crippen LogP contribution in [0.4, 0.5) is 0 Å². The topological polar surface area (TPSA) is 67.6 Å². The average molecular weight is 357 g/mol. The number of aliphatic hydroxyl groups is 1. The van der Waals surface area contributed by atoms with Crippen molar-refractivity contribution < 1.29 is 14.6 Å². The molecule has 6 heteroatoms. The van der Waals surface area contributed by atoms with Gasteiger partial charge in [-0.3, -0.25) is 9.48 Å². The molecule has 1 fully saturated rings. The number of carbonyl (C=O) groups excluding carboxylic acids is 1. The van der Waals surface area contributed by atoms with Crippen LogP contribution in [0.5, 0.6) is 0 Å². The van der Waals surface area contributed by atoms with Crippen LogP contribution in [0, 0.1) is 0 Å². The third-order valence-electron chi connectivity index (χ3n) is 4.81. The van der Waals surface area contributed by atoms with E-state index in [4.69, 9.17) is 9.84 Å². The molecular weight excluding hydrogens is 330 g/mol. The minimum Gasteiger partial charge on any atom is -0.394 e. The zero-order chi connectivity index (χ0) is 18.4. The van der Waals surface area contributed by atoms with Gasteiger partial charge in [-0.2, -0.15) is 5.10 Å². The summed E-state index contributed by atoms with van der Waals surface area (Å²) in [6.45, 7) is 2.05. The van der Waals surface area contributed by atoms with Gasteiger partial charge in [-0.1, -0.05) is 12.1 Å². The molecule has 1 aliphatic heterocycles. The number of ether oxygens (including phenoxy) is 1. The number of carbonyl (C=O) groups is 1. The van der Waals surface area contributed by atoms with Gasteiger partial charge in [-0.05, 0) is 43.4 Å². The fraction of sp³-hybridized carbons (Fsp3) is 0.500. The summed E-state index contributed by atoms with van der Waals surface area (Å²) >= 11 is 0. The fourth-order valence-corrected chi connectivity index (χ4v) is 3.26. The summed E-state index contributed by atoms with van der Waals surface area (Å²) in [5, 5.41) is 13.2. The second-order valence-electron chi connectivity index (χ2n) is 6.80. The van der Waals surface area contributed by atoms with E-state index in [9.17, 15) is 4.79 Å². The molecule has 0 aliphatic carbocycles. The predicted octanol–water partition coefficient (Wildman–Crippen LogP) is 2.57. The summed E-state index contributed by atoms with van der Waals surface area (Å²) in [4.78, 5) is 14.5. The van der Waals surface area contributed by atoms with E-state index in [2.05, 4.69) is 5.10 Å². The SMILES string of the molecule is CN(CC[C@H]1CCCCO1)C(=O)c1cccc(-c2cnn(CCO)c2)c1. The van der Waals surface area contributed by atoms with E-state index in [-0.39, 0.29) is 18.6 Å². The van der Waals surface area contributed by atoms with E-state index in [0.29, 0.717) is 18.7 Å². The van der Waals surface area contributed by atoms with Crippen LogP contribution in [0.15, 0.2) is 36.7 Å². The molecule has 1 N–H and O–H groups in total. The molecule has 26 heavy (non-hydrogen) atoms. The zero-order valence-electron chi connectivity index (χ0n) is 15.3. The molecule has 0 spiro atoms. The van der Waals surface area contributed by atoms with Gasteiger partial charge in [-0.15, -0.1) is 0 Å². The Labute approximate surface area is 154 Å². The largest absolute Gasteiger partial charge is 0.394 e. The van der Waals surface area contributed by atoms with Gasteiger partial charge in [0.15, 0.2) is 0 Å². The second-order valence-corrected chi connectivity index (χ2v) is 6.80. The van der Waals surface area contributed by atoms with Gasteiger partial charge in [0.1, 0.15) is 0 Å². The predicted molar refractivity (Wildman–Crippen MR) is 99.9 cm³/mol. The lowest BCUT2D eigenvalue weighted by Gasteiger charge is -2.25. The van der Waals surface area contributed by atoms with E-state index in [1.165, 1.54) is 6.42 Å². The van der Waals surface area contributed by atoms with Crippen LogP contribution < -0.4 is 0 Å². The van der Waals surface area contributed by atoms with E-state index >= 15 is 0 Å². The second kappa shape index (κ2) is 8.96. The summed E-state index contributed by atoms with van der Waals surface area (Å²) in [6, 6.07) is 7.60. The summed E-state index contributed by atoms with van der Waals surface area (Å²) in [5.41, 5.74) is 2.56. The van der Waals surface area contributed by atoms with Gasteiger partial charge >= 0.3 is 0 Å². The Balaban J connectivity index is 1.63. The lowest BCUT2D eigenvalue weighted by atomic mass is 10.0. The first-order valence-corrected chi connectivity index (χ1v) is 9.28. The van der Waals surface area contributed by atoms with E-state index in [1.807, 2.05) is 37.5 Å². The molecule has 2 heterocycles. The van der Waals surface area contributed by atoms with Crippen LogP contribution in [-0.4, -0.2) is 58.6 Å².